The molecule has 0 aromatic heterocycles. The smallest absolute Gasteiger partial charge is 0.319 e. The maximum atomic E-state index is 12.1. The lowest BCUT2D eigenvalue weighted by molar-refractivity contribution is -0.148. The molecule has 1 fully saturated rings. The molecule has 1 aromatic carbocycles. The van der Waals surface area contributed by atoms with Gasteiger partial charge in [-0.05, 0) is 38.0 Å². The second-order valence-corrected chi connectivity index (χ2v) is 5.71. The molecule has 0 radical (unpaired) electrons. The van der Waals surface area contributed by atoms with Gasteiger partial charge in [-0.1, -0.05) is 12.1 Å². The molecule has 6 nitrogen and oxygen atoms in total. The van der Waals surface area contributed by atoms with E-state index in [4.69, 9.17) is 4.74 Å². The molecule has 3 N–H and O–H groups in total. The molecule has 1 aromatic rings. The van der Waals surface area contributed by atoms with Crippen LogP contribution in [0.2, 0.25) is 0 Å². The quantitative estimate of drug-likeness (QED) is 0.794. The molecule has 0 aliphatic carbocycles. The number of carboxylic acid groups (broad SMARTS) is 1. The highest BCUT2D eigenvalue weighted by Crippen LogP contribution is 2.28. The molecule has 2 rings (SSSR count). The van der Waals surface area contributed by atoms with Crippen molar-refractivity contribution in [1.29, 1.82) is 0 Å². The van der Waals surface area contributed by atoms with Crippen molar-refractivity contribution in [1.82, 2.24) is 5.32 Å². The lowest BCUT2D eigenvalue weighted by Crippen LogP contribution is -2.50. The number of aryl methyl sites for hydroxylation is 2. The van der Waals surface area contributed by atoms with E-state index in [0.717, 1.165) is 11.1 Å². The molecule has 0 saturated carbocycles. The van der Waals surface area contributed by atoms with Crippen LogP contribution in [-0.2, 0) is 9.53 Å². The van der Waals surface area contributed by atoms with E-state index in [1.54, 1.807) is 6.92 Å². The fourth-order valence-corrected chi connectivity index (χ4v) is 2.27. The number of carboxylic acids is 1. The second kappa shape index (κ2) is 5.73. The lowest BCUT2D eigenvalue weighted by atomic mass is 9.85. The summed E-state index contributed by atoms with van der Waals surface area (Å²) in [7, 11) is 0. The Bertz CT molecular complexity index is 573. The number of rotatable bonds is 3. The molecule has 1 aliphatic rings. The number of aliphatic carboxylic acids is 1. The number of hydrogen-bond donors (Lipinski definition) is 3. The molecule has 6 heteroatoms. The summed E-state index contributed by atoms with van der Waals surface area (Å²) in [5.74, 6) is -0.975. The average molecular weight is 292 g/mol. The zero-order valence-corrected chi connectivity index (χ0v) is 12.4. The molecule has 1 heterocycles. The number of urea groups is 1. The van der Waals surface area contributed by atoms with Gasteiger partial charge in [-0.15, -0.1) is 0 Å². The molecule has 0 bridgehead atoms. The van der Waals surface area contributed by atoms with Crippen molar-refractivity contribution in [2.45, 2.75) is 26.8 Å². The zero-order valence-electron chi connectivity index (χ0n) is 12.4. The Labute approximate surface area is 123 Å². The molecule has 1 aliphatic heterocycles. The molecular formula is C15H20N2O4. The van der Waals surface area contributed by atoms with Crippen molar-refractivity contribution in [3.63, 3.8) is 0 Å². The number of hydrogen-bond acceptors (Lipinski definition) is 3. The fraction of sp³-hybridized carbons (Fsp3) is 0.467. The van der Waals surface area contributed by atoms with Gasteiger partial charge in [0.15, 0.2) is 0 Å². The summed E-state index contributed by atoms with van der Waals surface area (Å²) >= 11 is 0. The summed E-state index contributed by atoms with van der Waals surface area (Å²) in [6.45, 7) is 5.70. The topological polar surface area (TPSA) is 87.7 Å². The minimum atomic E-state index is -1.10. The number of anilines is 1. The van der Waals surface area contributed by atoms with Gasteiger partial charge in [-0.3, -0.25) is 4.79 Å². The van der Waals surface area contributed by atoms with Gasteiger partial charge in [0.05, 0.1) is 19.3 Å². The van der Waals surface area contributed by atoms with Gasteiger partial charge in [-0.2, -0.15) is 0 Å². The normalized spacial score (nSPS) is 24.6. The Morgan fingerprint density at radius 1 is 1.38 bits per heavy atom. The number of nitrogens with one attached hydrogen (secondary N) is 2. The van der Waals surface area contributed by atoms with Gasteiger partial charge in [0.25, 0.3) is 0 Å². The summed E-state index contributed by atoms with van der Waals surface area (Å²) in [4.78, 5) is 23.4. The van der Waals surface area contributed by atoms with Crippen LogP contribution in [0.3, 0.4) is 0 Å². The third-order valence-electron chi connectivity index (χ3n) is 3.89. The third kappa shape index (κ3) is 3.16. The molecule has 2 amide bonds. The highest BCUT2D eigenvalue weighted by molar-refractivity contribution is 5.91. The predicted octanol–water partition coefficient (Wildman–Crippen LogP) is 1.91. The Kier molecular flexibility index (Phi) is 4.18. The van der Waals surface area contributed by atoms with Crippen LogP contribution in [0.4, 0.5) is 10.5 Å². The third-order valence-corrected chi connectivity index (χ3v) is 3.89. The first-order chi connectivity index (χ1) is 9.83. The minimum absolute atomic E-state index is 0.0940. The first kappa shape index (κ1) is 15.3. The van der Waals surface area contributed by atoms with E-state index < -0.39 is 23.5 Å². The van der Waals surface area contributed by atoms with Gasteiger partial charge in [0.1, 0.15) is 5.41 Å². The van der Waals surface area contributed by atoms with E-state index in [1.165, 1.54) is 0 Å². The maximum Gasteiger partial charge on any atom is 0.319 e. The summed E-state index contributed by atoms with van der Waals surface area (Å²) in [6, 6.07) is 4.78. The van der Waals surface area contributed by atoms with Gasteiger partial charge in [-0.25, -0.2) is 4.79 Å². The van der Waals surface area contributed by atoms with Gasteiger partial charge in [0, 0.05) is 5.69 Å². The van der Waals surface area contributed by atoms with Crippen LogP contribution in [0.5, 0.6) is 0 Å². The van der Waals surface area contributed by atoms with Crippen molar-refractivity contribution < 1.29 is 19.4 Å². The van der Waals surface area contributed by atoms with Crippen LogP contribution >= 0.6 is 0 Å². The van der Waals surface area contributed by atoms with E-state index in [2.05, 4.69) is 10.6 Å². The average Bonchev–Trinajstić information content (AvgIpc) is 2.77. The van der Waals surface area contributed by atoms with Crippen molar-refractivity contribution in [3.8, 4) is 0 Å². The van der Waals surface area contributed by atoms with E-state index >= 15 is 0 Å². The summed E-state index contributed by atoms with van der Waals surface area (Å²) in [6.07, 6.45) is 0. The molecule has 2 atom stereocenters. The highest BCUT2D eigenvalue weighted by Gasteiger charge is 2.47. The van der Waals surface area contributed by atoms with Crippen molar-refractivity contribution in [2.75, 3.05) is 18.5 Å². The molecule has 21 heavy (non-hydrogen) atoms. The van der Waals surface area contributed by atoms with Gasteiger partial charge in [0.2, 0.25) is 0 Å². The number of benzene rings is 1. The summed E-state index contributed by atoms with van der Waals surface area (Å²) < 4.78 is 5.20. The van der Waals surface area contributed by atoms with Crippen LogP contribution in [0, 0.1) is 19.3 Å². The number of carbonyl (C=O) groups is 2. The predicted molar refractivity (Wildman–Crippen MR) is 78.4 cm³/mol. The summed E-state index contributed by atoms with van der Waals surface area (Å²) in [5, 5.41) is 14.7. The van der Waals surface area contributed by atoms with Crippen LogP contribution in [0.25, 0.3) is 0 Å². The van der Waals surface area contributed by atoms with Crippen LogP contribution in [0.15, 0.2) is 18.2 Å². The zero-order chi connectivity index (χ0) is 15.6. The van der Waals surface area contributed by atoms with Crippen LogP contribution in [0.1, 0.15) is 18.1 Å². The molecular weight excluding hydrogens is 272 g/mol. The Morgan fingerprint density at radius 2 is 2.10 bits per heavy atom. The largest absolute Gasteiger partial charge is 0.481 e. The second-order valence-electron chi connectivity index (χ2n) is 5.71. The van der Waals surface area contributed by atoms with Crippen molar-refractivity contribution >= 4 is 17.7 Å². The summed E-state index contributed by atoms with van der Waals surface area (Å²) in [5.41, 5.74) is 1.59. The van der Waals surface area contributed by atoms with E-state index in [1.807, 2.05) is 32.0 Å². The molecule has 1 saturated heterocycles. The number of amides is 2. The SMILES string of the molecule is Cc1ccc(C)c(NC(=O)NC2COCC2(C)C(=O)O)c1. The van der Waals surface area contributed by atoms with E-state index in [9.17, 15) is 14.7 Å². The minimum Gasteiger partial charge on any atom is -0.481 e. The van der Waals surface area contributed by atoms with Crippen LogP contribution in [-0.4, -0.2) is 36.4 Å². The number of ether oxygens (including phenoxy) is 1. The van der Waals surface area contributed by atoms with Gasteiger partial charge >= 0.3 is 12.0 Å². The Balaban J connectivity index is 2.05. The van der Waals surface area contributed by atoms with Crippen molar-refractivity contribution in [3.05, 3.63) is 29.3 Å². The van der Waals surface area contributed by atoms with Crippen molar-refractivity contribution in [2.24, 2.45) is 5.41 Å². The molecule has 0 spiro atoms. The maximum absolute atomic E-state index is 12.1. The van der Waals surface area contributed by atoms with Crippen LogP contribution < -0.4 is 10.6 Å². The van der Waals surface area contributed by atoms with E-state index in [-0.39, 0.29) is 13.2 Å². The van der Waals surface area contributed by atoms with Gasteiger partial charge < -0.3 is 20.5 Å². The number of carbonyl (C=O) groups excluding carboxylic acids is 1. The first-order valence-electron chi connectivity index (χ1n) is 6.79. The first-order valence-corrected chi connectivity index (χ1v) is 6.79. The monoisotopic (exact) mass is 292 g/mol. The molecule has 114 valence electrons. The standard InChI is InChI=1S/C15H20N2O4/c1-9-4-5-10(2)11(6-9)16-14(20)17-12-7-21-8-15(12,3)13(18)19/h4-6,12H,7-8H2,1-3H3,(H,18,19)(H2,16,17,20). The highest BCUT2D eigenvalue weighted by atomic mass is 16.5. The molecule has 2 unspecified atom stereocenters. The lowest BCUT2D eigenvalue weighted by Gasteiger charge is -2.25. The van der Waals surface area contributed by atoms with E-state index in [0.29, 0.717) is 5.69 Å². The fourth-order valence-electron chi connectivity index (χ4n) is 2.27. The Hall–Kier alpha value is -2.08. The Morgan fingerprint density at radius 3 is 2.76 bits per heavy atom.